The highest BCUT2D eigenvalue weighted by molar-refractivity contribution is 5.66. The largest absolute Gasteiger partial charge is 0.481 e. The van der Waals surface area contributed by atoms with Gasteiger partial charge in [0.2, 0.25) is 0 Å². The van der Waals surface area contributed by atoms with E-state index in [2.05, 4.69) is 19.2 Å². The lowest BCUT2D eigenvalue weighted by Crippen LogP contribution is -2.39. The Morgan fingerprint density at radius 3 is 2.62 bits per heavy atom. The molecule has 1 rings (SSSR count). The van der Waals surface area contributed by atoms with E-state index in [4.69, 9.17) is 9.84 Å². The second kappa shape index (κ2) is 6.21. The molecule has 94 valence electrons. The second-order valence-corrected chi connectivity index (χ2v) is 5.20. The van der Waals surface area contributed by atoms with Gasteiger partial charge < -0.3 is 15.2 Å². The Bertz CT molecular complexity index is 222. The van der Waals surface area contributed by atoms with Crippen LogP contribution >= 0.6 is 0 Å². The first-order chi connectivity index (χ1) is 7.52. The van der Waals surface area contributed by atoms with Crippen LogP contribution in [-0.2, 0) is 9.53 Å². The van der Waals surface area contributed by atoms with Crippen molar-refractivity contribution in [1.29, 1.82) is 0 Å². The van der Waals surface area contributed by atoms with Crippen LogP contribution < -0.4 is 5.32 Å². The summed E-state index contributed by atoms with van der Waals surface area (Å²) in [4.78, 5) is 10.4. The first-order valence-electron chi connectivity index (χ1n) is 6.02. The molecule has 0 unspecified atom stereocenters. The molecule has 16 heavy (non-hydrogen) atoms. The highest BCUT2D eigenvalue weighted by atomic mass is 16.5. The van der Waals surface area contributed by atoms with Crippen molar-refractivity contribution in [3.8, 4) is 0 Å². The van der Waals surface area contributed by atoms with Crippen LogP contribution in [0.4, 0.5) is 0 Å². The molecule has 0 bridgehead atoms. The fraction of sp³-hybridized carbons (Fsp3) is 0.917. The molecule has 2 N–H and O–H groups in total. The van der Waals surface area contributed by atoms with Crippen LogP contribution in [0.15, 0.2) is 0 Å². The molecule has 0 saturated carbocycles. The summed E-state index contributed by atoms with van der Waals surface area (Å²) in [5, 5.41) is 11.8. The molecule has 0 radical (unpaired) electrons. The van der Waals surface area contributed by atoms with Crippen molar-refractivity contribution in [2.75, 3.05) is 26.3 Å². The van der Waals surface area contributed by atoms with Crippen LogP contribution in [0.1, 0.15) is 33.1 Å². The van der Waals surface area contributed by atoms with Crippen LogP contribution in [0, 0.1) is 11.3 Å². The lowest BCUT2D eigenvalue weighted by atomic mass is 9.74. The van der Waals surface area contributed by atoms with Crippen molar-refractivity contribution in [2.24, 2.45) is 11.3 Å². The number of rotatable bonds is 6. The minimum Gasteiger partial charge on any atom is -0.481 e. The van der Waals surface area contributed by atoms with E-state index in [0.717, 1.165) is 32.6 Å². The lowest BCUT2D eigenvalue weighted by molar-refractivity contribution is -0.136. The molecule has 1 aliphatic rings. The minimum atomic E-state index is -0.739. The van der Waals surface area contributed by atoms with E-state index in [9.17, 15) is 4.79 Å². The van der Waals surface area contributed by atoms with Crippen molar-refractivity contribution < 1.29 is 14.6 Å². The molecule has 1 fully saturated rings. The van der Waals surface area contributed by atoms with Gasteiger partial charge in [-0.2, -0.15) is 0 Å². The van der Waals surface area contributed by atoms with Crippen LogP contribution in [0.5, 0.6) is 0 Å². The fourth-order valence-corrected chi connectivity index (χ4v) is 2.23. The molecule has 4 heteroatoms. The monoisotopic (exact) mass is 229 g/mol. The maximum absolute atomic E-state index is 10.4. The Balaban J connectivity index is 2.24. The molecule has 0 atom stereocenters. The Morgan fingerprint density at radius 2 is 2.06 bits per heavy atom. The molecule has 0 amide bonds. The van der Waals surface area contributed by atoms with Gasteiger partial charge in [0.05, 0.1) is 6.42 Å². The zero-order valence-electron chi connectivity index (χ0n) is 10.3. The van der Waals surface area contributed by atoms with Gasteiger partial charge in [-0.15, -0.1) is 0 Å². The number of carboxylic acids is 1. The molecular formula is C12H23NO3. The Labute approximate surface area is 97.4 Å². The van der Waals surface area contributed by atoms with Crippen molar-refractivity contribution in [1.82, 2.24) is 5.32 Å². The maximum Gasteiger partial charge on any atom is 0.304 e. The van der Waals surface area contributed by atoms with Gasteiger partial charge in [0, 0.05) is 26.3 Å². The maximum atomic E-state index is 10.4. The number of aliphatic carboxylic acids is 1. The predicted molar refractivity (Wildman–Crippen MR) is 62.4 cm³/mol. The van der Waals surface area contributed by atoms with E-state index in [1.165, 1.54) is 0 Å². The van der Waals surface area contributed by atoms with E-state index in [1.807, 2.05) is 0 Å². The van der Waals surface area contributed by atoms with Gasteiger partial charge in [-0.3, -0.25) is 4.79 Å². The normalized spacial score (nSPS) is 18.6. The summed E-state index contributed by atoms with van der Waals surface area (Å²) < 4.78 is 5.35. The Morgan fingerprint density at radius 1 is 1.44 bits per heavy atom. The Hall–Kier alpha value is -0.610. The van der Waals surface area contributed by atoms with Crippen molar-refractivity contribution in [3.05, 3.63) is 0 Å². The van der Waals surface area contributed by atoms with Gasteiger partial charge >= 0.3 is 5.97 Å². The second-order valence-electron chi connectivity index (χ2n) is 5.20. The highest BCUT2D eigenvalue weighted by Crippen LogP contribution is 2.33. The fourth-order valence-electron chi connectivity index (χ4n) is 2.23. The number of carbonyl (C=O) groups is 1. The molecule has 1 heterocycles. The summed E-state index contributed by atoms with van der Waals surface area (Å²) in [5.41, 5.74) is 0.224. The third kappa shape index (κ3) is 4.49. The summed E-state index contributed by atoms with van der Waals surface area (Å²) in [7, 11) is 0. The molecule has 0 aromatic carbocycles. The molecule has 0 aliphatic carbocycles. The standard InChI is InChI=1S/C12H23NO3/c1-12(2,9-13-6-3-11(14)15)10-4-7-16-8-5-10/h10,13H,3-9H2,1-2H3,(H,14,15). The van der Waals surface area contributed by atoms with E-state index in [-0.39, 0.29) is 11.8 Å². The van der Waals surface area contributed by atoms with Crippen LogP contribution in [0.25, 0.3) is 0 Å². The van der Waals surface area contributed by atoms with E-state index < -0.39 is 5.97 Å². The highest BCUT2D eigenvalue weighted by Gasteiger charge is 2.30. The summed E-state index contributed by atoms with van der Waals surface area (Å²) in [6.45, 7) is 7.66. The van der Waals surface area contributed by atoms with Crippen molar-refractivity contribution in [3.63, 3.8) is 0 Å². The number of hydrogen-bond donors (Lipinski definition) is 2. The van der Waals surface area contributed by atoms with Gasteiger partial charge in [-0.1, -0.05) is 13.8 Å². The predicted octanol–water partition coefficient (Wildman–Crippen LogP) is 1.50. The summed E-state index contributed by atoms with van der Waals surface area (Å²) in [5.74, 6) is -0.0602. The number of nitrogens with one attached hydrogen (secondary N) is 1. The zero-order valence-corrected chi connectivity index (χ0v) is 10.3. The van der Waals surface area contributed by atoms with Gasteiger partial charge in [0.15, 0.2) is 0 Å². The molecule has 0 aromatic heterocycles. The summed E-state index contributed by atoms with van der Waals surface area (Å²) in [6, 6.07) is 0. The zero-order chi connectivity index (χ0) is 12.0. The van der Waals surface area contributed by atoms with Gasteiger partial charge in [0.1, 0.15) is 0 Å². The average molecular weight is 229 g/mol. The molecule has 1 saturated heterocycles. The van der Waals surface area contributed by atoms with E-state index >= 15 is 0 Å². The van der Waals surface area contributed by atoms with Crippen LogP contribution in [0.2, 0.25) is 0 Å². The van der Waals surface area contributed by atoms with Gasteiger partial charge in [-0.05, 0) is 24.2 Å². The van der Waals surface area contributed by atoms with Gasteiger partial charge in [-0.25, -0.2) is 0 Å². The molecule has 0 aromatic rings. The quantitative estimate of drug-likeness (QED) is 0.678. The molecular weight excluding hydrogens is 206 g/mol. The third-order valence-corrected chi connectivity index (χ3v) is 3.42. The summed E-state index contributed by atoms with van der Waals surface area (Å²) >= 11 is 0. The Kier molecular flexibility index (Phi) is 5.22. The first kappa shape index (κ1) is 13.5. The number of carboxylic acid groups (broad SMARTS) is 1. The minimum absolute atomic E-state index is 0.198. The van der Waals surface area contributed by atoms with Crippen molar-refractivity contribution in [2.45, 2.75) is 33.1 Å². The average Bonchev–Trinajstić information content (AvgIpc) is 2.26. The van der Waals surface area contributed by atoms with E-state index in [1.54, 1.807) is 0 Å². The topological polar surface area (TPSA) is 58.6 Å². The van der Waals surface area contributed by atoms with Crippen LogP contribution in [-0.4, -0.2) is 37.4 Å². The lowest BCUT2D eigenvalue weighted by Gasteiger charge is -2.37. The molecule has 1 aliphatic heterocycles. The molecule has 0 spiro atoms. The number of ether oxygens (including phenoxy) is 1. The molecule has 4 nitrogen and oxygen atoms in total. The SMILES string of the molecule is CC(C)(CNCCC(=O)O)C1CCOCC1. The van der Waals surface area contributed by atoms with Crippen molar-refractivity contribution >= 4 is 5.97 Å². The van der Waals surface area contributed by atoms with Gasteiger partial charge in [0.25, 0.3) is 0 Å². The third-order valence-electron chi connectivity index (χ3n) is 3.42. The van der Waals surface area contributed by atoms with Crippen LogP contribution in [0.3, 0.4) is 0 Å². The smallest absolute Gasteiger partial charge is 0.304 e. The first-order valence-corrected chi connectivity index (χ1v) is 6.02. The summed E-state index contributed by atoms with van der Waals surface area (Å²) in [6.07, 6.45) is 2.44. The number of hydrogen-bond acceptors (Lipinski definition) is 3. The van der Waals surface area contributed by atoms with E-state index in [0.29, 0.717) is 12.5 Å².